The number of para-hydroxylation sites is 1. The molecule has 0 saturated carbocycles. The van der Waals surface area contributed by atoms with Gasteiger partial charge in [-0.25, -0.2) is 8.42 Å². The second-order valence-corrected chi connectivity index (χ2v) is 3.85. The van der Waals surface area contributed by atoms with Crippen LogP contribution < -0.4 is 34.3 Å². The van der Waals surface area contributed by atoms with E-state index in [2.05, 4.69) is 6.58 Å². The summed E-state index contributed by atoms with van der Waals surface area (Å²) in [6.45, 7) is 3.57. The normalized spacial score (nSPS) is 10.2. The van der Waals surface area contributed by atoms with Crippen molar-refractivity contribution < 1.29 is 47.3 Å². The minimum absolute atomic E-state index is 0. The molecule has 0 unspecified atom stereocenters. The van der Waals surface area contributed by atoms with E-state index in [-0.39, 0.29) is 46.8 Å². The third-order valence-electron chi connectivity index (χ3n) is 1.48. The van der Waals surface area contributed by atoms with Gasteiger partial charge in [0.15, 0.2) is 0 Å². The van der Waals surface area contributed by atoms with Gasteiger partial charge in [-0.05, 0) is 12.1 Å². The molecule has 6 heteroatoms. The Hall–Kier alpha value is -0.330. The molecule has 1 rings (SSSR count). The smallest absolute Gasteiger partial charge is 0.744 e. The molecular weight excluding hydrogens is 227 g/mol. The Bertz CT molecular complexity index is 427. The second-order valence-electron chi connectivity index (χ2n) is 2.50. The van der Waals surface area contributed by atoms with Crippen LogP contribution in [0.3, 0.4) is 0 Å². The average Bonchev–Trinajstić information content (AvgIpc) is 2.14. The Kier molecular flexibility index (Phi) is 6.16. The van der Waals surface area contributed by atoms with Crippen LogP contribution in [0.2, 0.25) is 0 Å². The molecule has 4 nitrogen and oxygen atoms in total. The summed E-state index contributed by atoms with van der Waals surface area (Å²) < 4.78 is 37.3. The van der Waals surface area contributed by atoms with Crippen LogP contribution in [0.4, 0.5) is 0 Å². The summed E-state index contributed by atoms with van der Waals surface area (Å²) in [6, 6.07) is 5.69. The Morgan fingerprint density at radius 3 is 2.53 bits per heavy atom. The third kappa shape index (κ3) is 4.36. The second kappa shape index (κ2) is 6.30. The largest absolute Gasteiger partial charge is 1.00 e. The first-order chi connectivity index (χ1) is 6.55. The quantitative estimate of drug-likeness (QED) is 0.350. The first-order valence-electron chi connectivity index (χ1n) is 3.84. The van der Waals surface area contributed by atoms with Gasteiger partial charge in [-0.15, -0.1) is 0 Å². The van der Waals surface area contributed by atoms with Crippen LogP contribution in [0, 0.1) is 0 Å². The number of hydrogen-bond acceptors (Lipinski definition) is 4. The molecule has 0 aliphatic heterocycles. The summed E-state index contributed by atoms with van der Waals surface area (Å²) in [5.41, 5.74) is 0. The molecule has 0 radical (unpaired) electrons. The fourth-order valence-electron chi connectivity index (χ4n) is 0.925. The van der Waals surface area contributed by atoms with E-state index >= 15 is 0 Å². The number of ether oxygens (including phenoxy) is 1. The minimum atomic E-state index is -4.47. The van der Waals surface area contributed by atoms with E-state index in [1.54, 1.807) is 6.07 Å². The summed E-state index contributed by atoms with van der Waals surface area (Å²) in [5, 5.41) is 0. The van der Waals surface area contributed by atoms with Crippen LogP contribution in [0.25, 0.3) is 0 Å². The van der Waals surface area contributed by atoms with Gasteiger partial charge in [-0.2, -0.15) is 0 Å². The molecule has 15 heavy (non-hydrogen) atoms. The predicted octanol–water partition coefficient (Wildman–Crippen LogP) is -1.84. The maximum atomic E-state index is 10.8. The SMILES string of the molecule is C=CCOc1ccccc1S(=O)(=O)[O-].[Na+]. The fraction of sp³-hybridized carbons (Fsp3) is 0.111. The Balaban J connectivity index is 0.00000196. The van der Waals surface area contributed by atoms with Gasteiger partial charge in [-0.3, -0.25) is 0 Å². The molecule has 0 N–H and O–H groups in total. The Labute approximate surface area is 111 Å². The van der Waals surface area contributed by atoms with E-state index in [1.165, 1.54) is 24.3 Å². The van der Waals surface area contributed by atoms with Crippen molar-refractivity contribution in [2.45, 2.75) is 4.90 Å². The van der Waals surface area contributed by atoms with Crippen molar-refractivity contribution in [3.8, 4) is 5.75 Å². The zero-order valence-corrected chi connectivity index (χ0v) is 11.2. The van der Waals surface area contributed by atoms with E-state index in [9.17, 15) is 13.0 Å². The molecule has 0 aliphatic rings. The summed E-state index contributed by atoms with van der Waals surface area (Å²) in [5.74, 6) is 0.0578. The van der Waals surface area contributed by atoms with E-state index < -0.39 is 10.1 Å². The van der Waals surface area contributed by atoms with Crippen LogP contribution in [0.1, 0.15) is 0 Å². The fourth-order valence-corrected chi connectivity index (χ4v) is 1.54. The van der Waals surface area contributed by atoms with Gasteiger partial charge in [0, 0.05) is 0 Å². The molecule has 0 bridgehead atoms. The van der Waals surface area contributed by atoms with E-state index in [4.69, 9.17) is 4.74 Å². The molecule has 0 spiro atoms. The maximum Gasteiger partial charge on any atom is 1.00 e. The zero-order chi connectivity index (χ0) is 10.6. The molecule has 0 amide bonds. The van der Waals surface area contributed by atoms with Gasteiger partial charge in [0.25, 0.3) is 0 Å². The summed E-state index contributed by atoms with van der Waals surface area (Å²) >= 11 is 0. The molecule has 0 atom stereocenters. The van der Waals surface area contributed by atoms with Gasteiger partial charge >= 0.3 is 29.6 Å². The van der Waals surface area contributed by atoms with Crippen LogP contribution in [0.15, 0.2) is 41.8 Å². The molecule has 1 aromatic carbocycles. The predicted molar refractivity (Wildman–Crippen MR) is 50.1 cm³/mol. The molecule has 0 heterocycles. The zero-order valence-electron chi connectivity index (χ0n) is 8.34. The van der Waals surface area contributed by atoms with Crippen molar-refractivity contribution >= 4 is 10.1 Å². The monoisotopic (exact) mass is 236 g/mol. The maximum absolute atomic E-state index is 10.8. The number of hydrogen-bond donors (Lipinski definition) is 0. The van der Waals surface area contributed by atoms with Crippen LogP contribution in [0.5, 0.6) is 5.75 Å². The van der Waals surface area contributed by atoms with Crippen molar-refractivity contribution in [2.75, 3.05) is 6.61 Å². The first-order valence-corrected chi connectivity index (χ1v) is 5.25. The van der Waals surface area contributed by atoms with Gasteiger partial charge in [0.2, 0.25) is 0 Å². The molecule has 0 aliphatic carbocycles. The first kappa shape index (κ1) is 14.7. The van der Waals surface area contributed by atoms with Gasteiger partial charge in [0.05, 0.1) is 4.90 Å². The topological polar surface area (TPSA) is 66.4 Å². The summed E-state index contributed by atoms with van der Waals surface area (Å²) in [4.78, 5) is -0.346. The van der Waals surface area contributed by atoms with Crippen molar-refractivity contribution in [1.29, 1.82) is 0 Å². The summed E-state index contributed by atoms with van der Waals surface area (Å²) in [7, 11) is -4.47. The molecule has 0 fully saturated rings. The van der Waals surface area contributed by atoms with Crippen LogP contribution in [-0.4, -0.2) is 19.6 Å². The van der Waals surface area contributed by atoms with E-state index in [0.29, 0.717) is 0 Å². The average molecular weight is 236 g/mol. The molecule has 76 valence electrons. The molecular formula is C9H9NaO4S. The van der Waals surface area contributed by atoms with Crippen LogP contribution >= 0.6 is 0 Å². The van der Waals surface area contributed by atoms with E-state index in [0.717, 1.165) is 0 Å². The Morgan fingerprint density at radius 2 is 2.00 bits per heavy atom. The standard InChI is InChI=1S/C9H10O4S.Na/c1-2-7-13-8-5-3-4-6-9(8)14(10,11)12;/h2-6H,1,7H2,(H,10,11,12);/q;+1/p-1. The molecule has 0 aromatic heterocycles. The van der Waals surface area contributed by atoms with Crippen molar-refractivity contribution in [2.24, 2.45) is 0 Å². The van der Waals surface area contributed by atoms with E-state index in [1.807, 2.05) is 0 Å². The Morgan fingerprint density at radius 1 is 1.40 bits per heavy atom. The van der Waals surface area contributed by atoms with Gasteiger partial charge in [-0.1, -0.05) is 24.8 Å². The minimum Gasteiger partial charge on any atom is -0.744 e. The molecule has 0 saturated heterocycles. The number of rotatable bonds is 4. The van der Waals surface area contributed by atoms with Gasteiger partial charge in [0.1, 0.15) is 22.5 Å². The van der Waals surface area contributed by atoms with Crippen LogP contribution in [-0.2, 0) is 10.1 Å². The number of benzene rings is 1. The van der Waals surface area contributed by atoms with Crippen molar-refractivity contribution in [3.05, 3.63) is 36.9 Å². The van der Waals surface area contributed by atoms with Crippen molar-refractivity contribution in [3.63, 3.8) is 0 Å². The third-order valence-corrected chi connectivity index (χ3v) is 2.35. The van der Waals surface area contributed by atoms with Gasteiger partial charge < -0.3 is 9.29 Å². The van der Waals surface area contributed by atoms with Crippen molar-refractivity contribution in [1.82, 2.24) is 0 Å². The molecule has 1 aromatic rings. The summed E-state index contributed by atoms with van der Waals surface area (Å²) in [6.07, 6.45) is 1.47.